The van der Waals surface area contributed by atoms with Crippen LogP contribution in [0.4, 0.5) is 0 Å². The second kappa shape index (κ2) is 5.83. The van der Waals surface area contributed by atoms with Gasteiger partial charge >= 0.3 is 0 Å². The fourth-order valence-electron chi connectivity index (χ4n) is 1.73. The molecule has 0 aliphatic carbocycles. The second-order valence-corrected chi connectivity index (χ2v) is 5.24. The topological polar surface area (TPSA) is 26.3 Å². The Kier molecular flexibility index (Phi) is 4.15. The Labute approximate surface area is 111 Å². The maximum absolute atomic E-state index is 12.1. The van der Waals surface area contributed by atoms with Gasteiger partial charge in [0.15, 0.2) is 5.78 Å². The van der Waals surface area contributed by atoms with Crippen LogP contribution < -0.4 is 4.74 Å². The smallest absolute Gasteiger partial charge is 0.177 e. The number of carbonyl (C=O) groups excluding carboxylic acids is 1. The van der Waals surface area contributed by atoms with Crippen LogP contribution in [-0.4, -0.2) is 12.9 Å². The van der Waals surface area contributed by atoms with Crippen molar-refractivity contribution in [2.24, 2.45) is 0 Å². The molecular weight excluding hydrogens is 244 g/mol. The number of ether oxygens (including phenoxy) is 1. The van der Waals surface area contributed by atoms with Gasteiger partial charge in [0.05, 0.1) is 12.0 Å². The van der Waals surface area contributed by atoms with Gasteiger partial charge in [-0.1, -0.05) is 19.1 Å². The summed E-state index contributed by atoms with van der Waals surface area (Å²) in [5, 5.41) is 0. The summed E-state index contributed by atoms with van der Waals surface area (Å²) in [5.74, 6) is 1.00. The van der Waals surface area contributed by atoms with E-state index in [9.17, 15) is 4.79 Å². The fourth-order valence-corrected chi connectivity index (χ4v) is 2.62. The summed E-state index contributed by atoms with van der Waals surface area (Å²) in [4.78, 5) is 14.2. The number of hydrogen-bond acceptors (Lipinski definition) is 3. The third kappa shape index (κ3) is 2.99. The molecule has 0 unspecified atom stereocenters. The van der Waals surface area contributed by atoms with Crippen molar-refractivity contribution in [3.8, 4) is 5.75 Å². The van der Waals surface area contributed by atoms with Gasteiger partial charge in [0.1, 0.15) is 5.75 Å². The number of ketones is 1. The standard InChI is InChI=1S/C15H16O2S/c1-3-13-8-9-15(18-13)14(16)10-11-4-6-12(17-2)7-5-11/h4-9H,3,10H2,1-2H3. The molecule has 0 radical (unpaired) electrons. The first-order valence-corrected chi connectivity index (χ1v) is 6.79. The SMILES string of the molecule is CCc1ccc(C(=O)Cc2ccc(OC)cc2)s1. The van der Waals surface area contributed by atoms with Gasteiger partial charge in [-0.05, 0) is 36.2 Å². The molecule has 0 amide bonds. The van der Waals surface area contributed by atoms with E-state index in [-0.39, 0.29) is 5.78 Å². The Bertz CT molecular complexity index is 526. The van der Waals surface area contributed by atoms with E-state index < -0.39 is 0 Å². The zero-order valence-electron chi connectivity index (χ0n) is 10.6. The number of aryl methyl sites for hydroxylation is 1. The van der Waals surface area contributed by atoms with Crippen LogP contribution in [0.3, 0.4) is 0 Å². The maximum Gasteiger partial charge on any atom is 0.177 e. The highest BCUT2D eigenvalue weighted by molar-refractivity contribution is 7.14. The molecule has 0 aliphatic heterocycles. The van der Waals surface area contributed by atoms with Gasteiger partial charge in [0, 0.05) is 11.3 Å². The molecule has 0 saturated heterocycles. The van der Waals surface area contributed by atoms with Gasteiger partial charge < -0.3 is 4.74 Å². The van der Waals surface area contributed by atoms with Gasteiger partial charge in [-0.3, -0.25) is 4.79 Å². The summed E-state index contributed by atoms with van der Waals surface area (Å²) in [6.45, 7) is 2.10. The largest absolute Gasteiger partial charge is 0.497 e. The first kappa shape index (κ1) is 12.8. The van der Waals surface area contributed by atoms with E-state index in [0.717, 1.165) is 22.6 Å². The molecule has 94 valence electrons. The normalized spacial score (nSPS) is 10.3. The van der Waals surface area contributed by atoms with Crippen LogP contribution >= 0.6 is 11.3 Å². The number of rotatable bonds is 5. The number of Topliss-reactive ketones (excluding diaryl/α,β-unsaturated/α-hetero) is 1. The van der Waals surface area contributed by atoms with E-state index in [0.29, 0.717) is 6.42 Å². The predicted molar refractivity (Wildman–Crippen MR) is 74.7 cm³/mol. The highest BCUT2D eigenvalue weighted by Crippen LogP contribution is 2.20. The first-order chi connectivity index (χ1) is 8.72. The van der Waals surface area contributed by atoms with Crippen molar-refractivity contribution >= 4 is 17.1 Å². The summed E-state index contributed by atoms with van der Waals surface area (Å²) in [6, 6.07) is 11.6. The minimum absolute atomic E-state index is 0.185. The second-order valence-electron chi connectivity index (χ2n) is 4.07. The molecule has 0 aliphatic rings. The lowest BCUT2D eigenvalue weighted by Crippen LogP contribution is -2.00. The quantitative estimate of drug-likeness (QED) is 0.765. The molecule has 0 atom stereocenters. The summed E-state index contributed by atoms with van der Waals surface area (Å²) in [6.07, 6.45) is 1.44. The molecule has 2 rings (SSSR count). The number of benzene rings is 1. The molecular formula is C15H16O2S. The van der Waals surface area contributed by atoms with Gasteiger partial charge in [0.25, 0.3) is 0 Å². The molecule has 1 aromatic heterocycles. The van der Waals surface area contributed by atoms with E-state index in [1.807, 2.05) is 36.4 Å². The molecule has 1 aromatic carbocycles. The molecule has 18 heavy (non-hydrogen) atoms. The Morgan fingerprint density at radius 2 is 1.89 bits per heavy atom. The molecule has 2 aromatic rings. The number of hydrogen-bond donors (Lipinski definition) is 0. The van der Waals surface area contributed by atoms with Crippen molar-refractivity contribution in [1.82, 2.24) is 0 Å². The zero-order valence-corrected chi connectivity index (χ0v) is 11.4. The predicted octanol–water partition coefficient (Wildman–Crippen LogP) is 3.74. The fraction of sp³-hybridized carbons (Fsp3) is 0.267. The van der Waals surface area contributed by atoms with Gasteiger partial charge in [-0.15, -0.1) is 11.3 Å². The van der Waals surface area contributed by atoms with Crippen molar-refractivity contribution in [3.05, 3.63) is 51.7 Å². The molecule has 2 nitrogen and oxygen atoms in total. The van der Waals surface area contributed by atoms with Crippen molar-refractivity contribution in [2.75, 3.05) is 7.11 Å². The minimum Gasteiger partial charge on any atom is -0.497 e. The molecule has 0 fully saturated rings. The Balaban J connectivity index is 2.06. The van der Waals surface area contributed by atoms with E-state index in [1.165, 1.54) is 4.88 Å². The third-order valence-corrected chi connectivity index (χ3v) is 4.08. The summed E-state index contributed by atoms with van der Waals surface area (Å²) in [5.41, 5.74) is 1.02. The van der Waals surface area contributed by atoms with Crippen LogP contribution in [0.1, 0.15) is 27.0 Å². The average Bonchev–Trinajstić information content (AvgIpc) is 2.88. The Morgan fingerprint density at radius 3 is 2.44 bits per heavy atom. The van der Waals surface area contributed by atoms with Gasteiger partial charge in [0.2, 0.25) is 0 Å². The minimum atomic E-state index is 0.185. The van der Waals surface area contributed by atoms with Crippen LogP contribution in [-0.2, 0) is 12.8 Å². The summed E-state index contributed by atoms with van der Waals surface area (Å²) >= 11 is 1.59. The monoisotopic (exact) mass is 260 g/mol. The lowest BCUT2D eigenvalue weighted by Gasteiger charge is -2.02. The maximum atomic E-state index is 12.1. The van der Waals surface area contributed by atoms with Gasteiger partial charge in [-0.25, -0.2) is 0 Å². The van der Waals surface area contributed by atoms with Crippen molar-refractivity contribution in [1.29, 1.82) is 0 Å². The van der Waals surface area contributed by atoms with Gasteiger partial charge in [-0.2, -0.15) is 0 Å². The summed E-state index contributed by atoms with van der Waals surface area (Å²) < 4.78 is 5.09. The highest BCUT2D eigenvalue weighted by Gasteiger charge is 2.09. The highest BCUT2D eigenvalue weighted by atomic mass is 32.1. The van der Waals surface area contributed by atoms with E-state index in [1.54, 1.807) is 18.4 Å². The Morgan fingerprint density at radius 1 is 1.17 bits per heavy atom. The van der Waals surface area contributed by atoms with Crippen LogP contribution in [0.25, 0.3) is 0 Å². The van der Waals surface area contributed by atoms with Crippen molar-refractivity contribution in [3.63, 3.8) is 0 Å². The Hall–Kier alpha value is -1.61. The molecule has 0 spiro atoms. The van der Waals surface area contributed by atoms with E-state index >= 15 is 0 Å². The zero-order chi connectivity index (χ0) is 13.0. The van der Waals surface area contributed by atoms with Crippen LogP contribution in [0, 0.1) is 0 Å². The molecule has 0 N–H and O–H groups in total. The molecule has 0 bridgehead atoms. The van der Waals surface area contributed by atoms with E-state index in [4.69, 9.17) is 4.74 Å². The molecule has 3 heteroatoms. The van der Waals surface area contributed by atoms with Crippen molar-refractivity contribution < 1.29 is 9.53 Å². The molecule has 0 saturated carbocycles. The van der Waals surface area contributed by atoms with Crippen molar-refractivity contribution in [2.45, 2.75) is 19.8 Å². The average molecular weight is 260 g/mol. The molecule has 1 heterocycles. The summed E-state index contributed by atoms with van der Waals surface area (Å²) in [7, 11) is 1.64. The van der Waals surface area contributed by atoms with E-state index in [2.05, 4.69) is 6.92 Å². The van der Waals surface area contributed by atoms with Crippen LogP contribution in [0.15, 0.2) is 36.4 Å². The number of carbonyl (C=O) groups is 1. The third-order valence-electron chi connectivity index (χ3n) is 2.81. The van der Waals surface area contributed by atoms with Crippen LogP contribution in [0.2, 0.25) is 0 Å². The first-order valence-electron chi connectivity index (χ1n) is 5.97. The lowest BCUT2D eigenvalue weighted by molar-refractivity contribution is 0.0997. The lowest BCUT2D eigenvalue weighted by atomic mass is 10.1. The number of thiophene rings is 1. The number of methoxy groups -OCH3 is 1. The van der Waals surface area contributed by atoms with Crippen LogP contribution in [0.5, 0.6) is 5.75 Å².